The monoisotopic (exact) mass is 194 g/mol. The smallest absolute Gasteiger partial charge is 0.0706 e. The van der Waals surface area contributed by atoms with Crippen molar-refractivity contribution < 1.29 is 5.11 Å². The van der Waals surface area contributed by atoms with Gasteiger partial charge in [0, 0.05) is 19.7 Å². The molecular formula is C11H18N2O. The van der Waals surface area contributed by atoms with Crippen molar-refractivity contribution in [1.29, 1.82) is 0 Å². The first-order chi connectivity index (χ1) is 6.49. The summed E-state index contributed by atoms with van der Waals surface area (Å²) < 4.78 is 1.78. The molecule has 0 bridgehead atoms. The molecule has 3 unspecified atom stereocenters. The van der Waals surface area contributed by atoms with Gasteiger partial charge in [0.05, 0.1) is 11.3 Å². The van der Waals surface area contributed by atoms with Gasteiger partial charge >= 0.3 is 0 Å². The van der Waals surface area contributed by atoms with Crippen molar-refractivity contribution in [3.05, 3.63) is 18.0 Å². The summed E-state index contributed by atoms with van der Waals surface area (Å²) in [5, 5.41) is 14.5. The van der Waals surface area contributed by atoms with E-state index in [2.05, 4.69) is 12.0 Å². The SMILES string of the molecule is CC1CC1C(C)(O)Cc1ccn(C)n1. The molecule has 0 spiro atoms. The Bertz CT molecular complexity index is 330. The fraction of sp³-hybridized carbons (Fsp3) is 0.727. The topological polar surface area (TPSA) is 38.0 Å². The first-order valence-electron chi connectivity index (χ1n) is 5.20. The van der Waals surface area contributed by atoms with Crippen LogP contribution in [0.25, 0.3) is 0 Å². The molecule has 1 saturated carbocycles. The van der Waals surface area contributed by atoms with Gasteiger partial charge in [0.25, 0.3) is 0 Å². The molecule has 14 heavy (non-hydrogen) atoms. The molecule has 3 atom stereocenters. The zero-order valence-corrected chi connectivity index (χ0v) is 9.07. The largest absolute Gasteiger partial charge is 0.389 e. The van der Waals surface area contributed by atoms with Gasteiger partial charge in [-0.1, -0.05) is 6.92 Å². The Morgan fingerprint density at radius 1 is 1.71 bits per heavy atom. The third-order valence-corrected chi connectivity index (χ3v) is 3.22. The van der Waals surface area contributed by atoms with E-state index in [0.717, 1.165) is 12.1 Å². The molecule has 2 rings (SSSR count). The van der Waals surface area contributed by atoms with Gasteiger partial charge in [0.15, 0.2) is 0 Å². The second kappa shape index (κ2) is 3.09. The third-order valence-electron chi connectivity index (χ3n) is 3.22. The maximum absolute atomic E-state index is 10.2. The summed E-state index contributed by atoms with van der Waals surface area (Å²) in [6.45, 7) is 4.12. The molecule has 0 saturated heterocycles. The minimum Gasteiger partial charge on any atom is -0.389 e. The van der Waals surface area contributed by atoms with Crippen molar-refractivity contribution in [2.24, 2.45) is 18.9 Å². The van der Waals surface area contributed by atoms with Gasteiger partial charge in [-0.3, -0.25) is 4.68 Å². The van der Waals surface area contributed by atoms with Crippen molar-refractivity contribution in [3.8, 4) is 0 Å². The molecule has 1 heterocycles. The highest BCUT2D eigenvalue weighted by atomic mass is 16.3. The zero-order chi connectivity index (χ0) is 10.3. The first-order valence-corrected chi connectivity index (χ1v) is 5.20. The molecule has 1 aliphatic carbocycles. The van der Waals surface area contributed by atoms with E-state index in [0.29, 0.717) is 18.3 Å². The molecule has 78 valence electrons. The first kappa shape index (κ1) is 9.71. The van der Waals surface area contributed by atoms with Crippen LogP contribution in [0.4, 0.5) is 0 Å². The van der Waals surface area contributed by atoms with Crippen LogP contribution in [-0.2, 0) is 13.5 Å². The molecule has 0 aromatic carbocycles. The Balaban J connectivity index is 2.03. The van der Waals surface area contributed by atoms with Gasteiger partial charge in [-0.25, -0.2) is 0 Å². The molecule has 1 aliphatic rings. The number of aromatic nitrogens is 2. The van der Waals surface area contributed by atoms with Crippen LogP contribution in [0.15, 0.2) is 12.3 Å². The van der Waals surface area contributed by atoms with Crippen LogP contribution >= 0.6 is 0 Å². The van der Waals surface area contributed by atoms with Gasteiger partial charge in [-0.05, 0) is 31.2 Å². The summed E-state index contributed by atoms with van der Waals surface area (Å²) in [7, 11) is 1.90. The fourth-order valence-corrected chi connectivity index (χ4v) is 2.24. The predicted molar refractivity (Wildman–Crippen MR) is 54.8 cm³/mol. The Morgan fingerprint density at radius 2 is 2.36 bits per heavy atom. The number of nitrogens with zero attached hydrogens (tertiary/aromatic N) is 2. The van der Waals surface area contributed by atoms with Gasteiger partial charge < -0.3 is 5.11 Å². The minimum atomic E-state index is -0.576. The quantitative estimate of drug-likeness (QED) is 0.789. The normalized spacial score (nSPS) is 30.0. The van der Waals surface area contributed by atoms with Crippen molar-refractivity contribution in [2.45, 2.75) is 32.3 Å². The summed E-state index contributed by atoms with van der Waals surface area (Å²) in [6.07, 6.45) is 3.74. The van der Waals surface area contributed by atoms with Crippen LogP contribution < -0.4 is 0 Å². The Labute approximate surface area is 84.7 Å². The average molecular weight is 194 g/mol. The lowest BCUT2D eigenvalue weighted by atomic mass is 9.93. The summed E-state index contributed by atoms with van der Waals surface area (Å²) in [5.74, 6) is 1.14. The fourth-order valence-electron chi connectivity index (χ4n) is 2.24. The van der Waals surface area contributed by atoms with Crippen LogP contribution in [-0.4, -0.2) is 20.5 Å². The molecule has 1 aromatic rings. The van der Waals surface area contributed by atoms with Crippen LogP contribution in [0.5, 0.6) is 0 Å². The van der Waals surface area contributed by atoms with E-state index in [4.69, 9.17) is 0 Å². The molecule has 1 aromatic heterocycles. The number of aryl methyl sites for hydroxylation is 1. The summed E-state index contributed by atoms with van der Waals surface area (Å²) in [6, 6.07) is 1.97. The van der Waals surface area contributed by atoms with Crippen LogP contribution in [0.2, 0.25) is 0 Å². The molecule has 0 aliphatic heterocycles. The summed E-state index contributed by atoms with van der Waals surface area (Å²) in [4.78, 5) is 0. The third kappa shape index (κ3) is 1.82. The number of rotatable bonds is 3. The van der Waals surface area contributed by atoms with Gasteiger partial charge in [0.1, 0.15) is 0 Å². The highest BCUT2D eigenvalue weighted by molar-refractivity contribution is 5.07. The lowest BCUT2D eigenvalue weighted by Crippen LogP contribution is -2.30. The van der Waals surface area contributed by atoms with Crippen molar-refractivity contribution in [2.75, 3.05) is 0 Å². The Morgan fingerprint density at radius 3 is 2.79 bits per heavy atom. The van der Waals surface area contributed by atoms with Crippen molar-refractivity contribution >= 4 is 0 Å². The second-order valence-electron chi connectivity index (χ2n) is 4.83. The van der Waals surface area contributed by atoms with Gasteiger partial charge in [-0.2, -0.15) is 5.10 Å². The van der Waals surface area contributed by atoms with E-state index in [1.807, 2.05) is 26.2 Å². The standard InChI is InChI=1S/C11H18N2O/c1-8-6-10(8)11(2,14)7-9-4-5-13(3)12-9/h4-5,8,10,14H,6-7H2,1-3H3. The minimum absolute atomic E-state index is 0.463. The Kier molecular flexibility index (Phi) is 2.14. The molecule has 0 radical (unpaired) electrons. The van der Waals surface area contributed by atoms with E-state index in [1.165, 1.54) is 0 Å². The molecule has 3 nitrogen and oxygen atoms in total. The van der Waals surface area contributed by atoms with E-state index in [-0.39, 0.29) is 0 Å². The summed E-state index contributed by atoms with van der Waals surface area (Å²) >= 11 is 0. The average Bonchev–Trinajstić information content (AvgIpc) is 2.67. The number of hydrogen-bond acceptors (Lipinski definition) is 2. The molecule has 0 amide bonds. The Hall–Kier alpha value is -0.830. The number of hydrogen-bond donors (Lipinski definition) is 1. The van der Waals surface area contributed by atoms with Crippen LogP contribution in [0.3, 0.4) is 0 Å². The molecule has 1 N–H and O–H groups in total. The maximum atomic E-state index is 10.2. The summed E-state index contributed by atoms with van der Waals surface area (Å²) in [5.41, 5.74) is 0.407. The molecule has 3 heteroatoms. The van der Waals surface area contributed by atoms with Crippen molar-refractivity contribution in [3.63, 3.8) is 0 Å². The highest BCUT2D eigenvalue weighted by Gasteiger charge is 2.46. The second-order valence-corrected chi connectivity index (χ2v) is 4.83. The van der Waals surface area contributed by atoms with E-state index in [1.54, 1.807) is 4.68 Å². The van der Waals surface area contributed by atoms with Crippen molar-refractivity contribution in [1.82, 2.24) is 9.78 Å². The lowest BCUT2D eigenvalue weighted by molar-refractivity contribution is 0.0315. The van der Waals surface area contributed by atoms with Gasteiger partial charge in [0.2, 0.25) is 0 Å². The van der Waals surface area contributed by atoms with Gasteiger partial charge in [-0.15, -0.1) is 0 Å². The van der Waals surface area contributed by atoms with Crippen LogP contribution in [0, 0.1) is 11.8 Å². The van der Waals surface area contributed by atoms with E-state index >= 15 is 0 Å². The highest BCUT2D eigenvalue weighted by Crippen LogP contribution is 2.46. The van der Waals surface area contributed by atoms with E-state index < -0.39 is 5.60 Å². The lowest BCUT2D eigenvalue weighted by Gasteiger charge is -2.22. The predicted octanol–water partition coefficient (Wildman–Crippen LogP) is 1.37. The molecule has 1 fully saturated rings. The zero-order valence-electron chi connectivity index (χ0n) is 9.07. The van der Waals surface area contributed by atoms with E-state index in [9.17, 15) is 5.11 Å². The maximum Gasteiger partial charge on any atom is 0.0706 e. The number of aliphatic hydroxyl groups is 1. The molecular weight excluding hydrogens is 176 g/mol. The van der Waals surface area contributed by atoms with Crippen LogP contribution in [0.1, 0.15) is 26.0 Å².